The molecule has 0 aliphatic rings. The lowest BCUT2D eigenvalue weighted by molar-refractivity contribution is 1.19. The lowest BCUT2D eigenvalue weighted by Gasteiger charge is -2.10. The van der Waals surface area contributed by atoms with Crippen LogP contribution in [0, 0.1) is 0 Å². The molecule has 0 aliphatic carbocycles. The first-order valence-corrected chi connectivity index (χ1v) is 21.4. The summed E-state index contributed by atoms with van der Waals surface area (Å²) in [4.78, 5) is 0. The van der Waals surface area contributed by atoms with Crippen LogP contribution in [0.25, 0.3) is 118 Å². The van der Waals surface area contributed by atoms with E-state index in [9.17, 15) is 0 Å². The fourth-order valence-electron chi connectivity index (χ4n) is 9.58. The van der Waals surface area contributed by atoms with Crippen molar-refractivity contribution in [3.8, 4) is 33.6 Å². The van der Waals surface area contributed by atoms with E-state index in [1.165, 1.54) is 118 Å². The van der Waals surface area contributed by atoms with Crippen molar-refractivity contribution in [2.45, 2.75) is 0 Å². The van der Waals surface area contributed by atoms with E-state index in [4.69, 9.17) is 0 Å². The standard InChI is InChI=1S/C54H32N2S2/c1-2-13-33(14-3-1)34-15-12-16-35(29-34)42-32-51-52(43-30-36(25-27-49(43)57-51)55-45-21-8-4-17-38(45)39-18-5-9-22-46(39)55)53-44-31-37(26-28-50(44)58-54(42)53)56-47-23-10-6-19-40(47)41-20-7-11-24-48(41)56/h1-32H. The minimum Gasteiger partial charge on any atom is -0.309 e. The smallest absolute Gasteiger partial charge is 0.0541 e. The van der Waals surface area contributed by atoms with Crippen LogP contribution in [0.2, 0.25) is 0 Å². The molecule has 270 valence electrons. The fraction of sp³-hybridized carbons (Fsp3) is 0. The Morgan fingerprint density at radius 2 is 0.759 bits per heavy atom. The highest BCUT2D eigenvalue weighted by Crippen LogP contribution is 2.50. The summed E-state index contributed by atoms with van der Waals surface area (Å²) in [6.45, 7) is 0. The lowest BCUT2D eigenvalue weighted by atomic mass is 9.96. The van der Waals surface area contributed by atoms with Crippen LogP contribution in [0.15, 0.2) is 194 Å². The SMILES string of the molecule is c1ccc(-c2cccc(-c3cc4sc5ccc(-n6c7ccccc7c7ccccc76)cc5c4c4c3sc3ccc(-n5c6ccccc6c6ccccc65)cc34)c2)cc1. The van der Waals surface area contributed by atoms with E-state index in [2.05, 4.69) is 203 Å². The summed E-state index contributed by atoms with van der Waals surface area (Å²) in [7, 11) is 0. The summed E-state index contributed by atoms with van der Waals surface area (Å²) in [5.41, 5.74) is 12.3. The molecule has 0 radical (unpaired) electrons. The Hall–Kier alpha value is -6.98. The molecule has 0 N–H and O–H groups in total. The molecule has 4 heteroatoms. The number of fused-ring (bicyclic) bond motifs is 13. The monoisotopic (exact) mass is 772 g/mol. The maximum absolute atomic E-state index is 2.47. The van der Waals surface area contributed by atoms with Crippen molar-refractivity contribution in [1.82, 2.24) is 9.13 Å². The predicted octanol–water partition coefficient (Wildman–Crippen LogP) is 16.0. The van der Waals surface area contributed by atoms with Gasteiger partial charge >= 0.3 is 0 Å². The quantitative estimate of drug-likeness (QED) is 0.169. The highest BCUT2D eigenvalue weighted by atomic mass is 32.1. The summed E-state index contributed by atoms with van der Waals surface area (Å²) in [6, 6.07) is 71.7. The Bertz CT molecular complexity index is 3690. The third-order valence-electron chi connectivity index (χ3n) is 12.1. The van der Waals surface area contributed by atoms with Gasteiger partial charge in [0.2, 0.25) is 0 Å². The van der Waals surface area contributed by atoms with Gasteiger partial charge in [0.05, 0.1) is 22.1 Å². The summed E-state index contributed by atoms with van der Waals surface area (Å²) in [6.07, 6.45) is 0. The van der Waals surface area contributed by atoms with Gasteiger partial charge in [-0.25, -0.2) is 0 Å². The number of hydrogen-bond donors (Lipinski definition) is 0. The molecule has 0 aliphatic heterocycles. The molecule has 0 saturated heterocycles. The number of benzene rings is 9. The van der Waals surface area contributed by atoms with Gasteiger partial charge in [0.1, 0.15) is 0 Å². The van der Waals surface area contributed by atoms with E-state index in [-0.39, 0.29) is 0 Å². The molecule has 2 nitrogen and oxygen atoms in total. The Kier molecular flexibility index (Phi) is 6.79. The van der Waals surface area contributed by atoms with Crippen LogP contribution in [0.4, 0.5) is 0 Å². The van der Waals surface area contributed by atoms with E-state index in [1.807, 2.05) is 22.7 Å². The number of nitrogens with zero attached hydrogens (tertiary/aromatic N) is 2. The first kappa shape index (κ1) is 32.1. The molecule has 13 aromatic rings. The first-order chi connectivity index (χ1) is 28.8. The van der Waals surface area contributed by atoms with Gasteiger partial charge in [0.25, 0.3) is 0 Å². The van der Waals surface area contributed by atoms with Crippen LogP contribution >= 0.6 is 22.7 Å². The van der Waals surface area contributed by atoms with Crippen molar-refractivity contribution in [3.63, 3.8) is 0 Å². The molecule has 9 aromatic carbocycles. The Morgan fingerprint density at radius 1 is 0.293 bits per heavy atom. The van der Waals surface area contributed by atoms with E-state index < -0.39 is 0 Å². The normalized spacial score (nSPS) is 12.1. The predicted molar refractivity (Wildman–Crippen MR) is 252 cm³/mol. The van der Waals surface area contributed by atoms with Gasteiger partial charge < -0.3 is 9.13 Å². The van der Waals surface area contributed by atoms with Crippen LogP contribution < -0.4 is 0 Å². The molecule has 0 fully saturated rings. The van der Waals surface area contributed by atoms with Crippen LogP contribution in [0.5, 0.6) is 0 Å². The highest BCUT2D eigenvalue weighted by Gasteiger charge is 2.21. The second kappa shape index (κ2) is 12.3. The summed E-state index contributed by atoms with van der Waals surface area (Å²) >= 11 is 3.83. The average molecular weight is 773 g/mol. The van der Waals surface area contributed by atoms with Crippen molar-refractivity contribution >= 4 is 107 Å². The van der Waals surface area contributed by atoms with Crippen molar-refractivity contribution in [3.05, 3.63) is 194 Å². The van der Waals surface area contributed by atoms with E-state index in [1.54, 1.807) is 0 Å². The topological polar surface area (TPSA) is 9.86 Å². The first-order valence-electron chi connectivity index (χ1n) is 19.8. The minimum atomic E-state index is 1.18. The van der Waals surface area contributed by atoms with Gasteiger partial charge in [-0.15, -0.1) is 22.7 Å². The van der Waals surface area contributed by atoms with Crippen molar-refractivity contribution < 1.29 is 0 Å². The third-order valence-corrected chi connectivity index (χ3v) is 14.4. The molecular weight excluding hydrogens is 741 g/mol. The third kappa shape index (κ3) is 4.58. The maximum Gasteiger partial charge on any atom is 0.0541 e. The second-order valence-electron chi connectivity index (χ2n) is 15.3. The molecule has 0 unspecified atom stereocenters. The molecule has 0 amide bonds. The zero-order valence-electron chi connectivity index (χ0n) is 31.2. The minimum absolute atomic E-state index is 1.18. The van der Waals surface area contributed by atoms with Crippen LogP contribution in [0.1, 0.15) is 0 Å². The van der Waals surface area contributed by atoms with Gasteiger partial charge in [-0.05, 0) is 89.5 Å². The number of thiophene rings is 2. The number of para-hydroxylation sites is 4. The molecule has 0 spiro atoms. The zero-order valence-corrected chi connectivity index (χ0v) is 32.8. The van der Waals surface area contributed by atoms with Gasteiger partial charge in [0, 0.05) is 78.8 Å². The molecule has 0 atom stereocenters. The van der Waals surface area contributed by atoms with Gasteiger partial charge in [0.15, 0.2) is 0 Å². The second-order valence-corrected chi connectivity index (χ2v) is 17.4. The van der Waals surface area contributed by atoms with Crippen molar-refractivity contribution in [2.24, 2.45) is 0 Å². The van der Waals surface area contributed by atoms with Crippen molar-refractivity contribution in [1.29, 1.82) is 0 Å². The zero-order chi connectivity index (χ0) is 37.9. The summed E-state index contributed by atoms with van der Waals surface area (Å²) < 4.78 is 10.1. The summed E-state index contributed by atoms with van der Waals surface area (Å²) in [5, 5.41) is 10.4. The van der Waals surface area contributed by atoms with Gasteiger partial charge in [-0.2, -0.15) is 0 Å². The van der Waals surface area contributed by atoms with Crippen LogP contribution in [0.3, 0.4) is 0 Å². The number of aromatic nitrogens is 2. The Morgan fingerprint density at radius 3 is 1.33 bits per heavy atom. The molecule has 0 saturated carbocycles. The lowest BCUT2D eigenvalue weighted by Crippen LogP contribution is -1.93. The number of hydrogen-bond acceptors (Lipinski definition) is 2. The molecule has 4 aromatic heterocycles. The Labute approximate surface area is 341 Å². The number of rotatable bonds is 4. The Balaban J connectivity index is 1.13. The van der Waals surface area contributed by atoms with Gasteiger partial charge in [-0.1, -0.05) is 121 Å². The van der Waals surface area contributed by atoms with Crippen LogP contribution in [-0.4, -0.2) is 9.13 Å². The van der Waals surface area contributed by atoms with Crippen LogP contribution in [-0.2, 0) is 0 Å². The largest absolute Gasteiger partial charge is 0.309 e. The van der Waals surface area contributed by atoms with E-state index in [0.717, 1.165) is 0 Å². The molecule has 58 heavy (non-hydrogen) atoms. The fourth-order valence-corrected chi connectivity index (χ4v) is 11.9. The maximum atomic E-state index is 2.47. The average Bonchev–Trinajstić information content (AvgIpc) is 4.03. The van der Waals surface area contributed by atoms with Crippen molar-refractivity contribution in [2.75, 3.05) is 0 Å². The highest BCUT2D eigenvalue weighted by molar-refractivity contribution is 7.28. The summed E-state index contributed by atoms with van der Waals surface area (Å²) in [5.74, 6) is 0. The van der Waals surface area contributed by atoms with E-state index >= 15 is 0 Å². The molecule has 13 rings (SSSR count). The van der Waals surface area contributed by atoms with E-state index in [0.29, 0.717) is 0 Å². The molecular formula is C54H32N2S2. The molecule has 4 heterocycles. The van der Waals surface area contributed by atoms with Gasteiger partial charge in [-0.3, -0.25) is 0 Å². The molecule has 0 bridgehead atoms.